The number of aromatic nitrogens is 1. The predicted molar refractivity (Wildman–Crippen MR) is 117 cm³/mol. The van der Waals surface area contributed by atoms with Gasteiger partial charge in [-0.3, -0.25) is 4.79 Å². The van der Waals surface area contributed by atoms with E-state index in [1.165, 1.54) is 9.60 Å². The summed E-state index contributed by atoms with van der Waals surface area (Å²) in [5.41, 5.74) is 1.07. The van der Waals surface area contributed by atoms with Gasteiger partial charge >= 0.3 is 0 Å². The van der Waals surface area contributed by atoms with Crippen molar-refractivity contribution in [3.63, 3.8) is 0 Å². The molecule has 0 unspecified atom stereocenters. The molecule has 1 fully saturated rings. The minimum Gasteiger partial charge on any atom is -0.484 e. The Morgan fingerprint density at radius 2 is 1.93 bits per heavy atom. The Hall–Kier alpha value is -1.96. The number of hydrogen-bond acceptors (Lipinski definition) is 6. The van der Waals surface area contributed by atoms with Gasteiger partial charge in [0, 0.05) is 36.1 Å². The molecule has 28 heavy (non-hydrogen) atoms. The number of benzene rings is 2. The zero-order valence-electron chi connectivity index (χ0n) is 15.4. The Labute approximate surface area is 177 Å². The quantitative estimate of drug-likeness (QED) is 0.558. The summed E-state index contributed by atoms with van der Waals surface area (Å²) in [5, 5.41) is 1.68. The largest absolute Gasteiger partial charge is 0.484 e. The van der Waals surface area contributed by atoms with Gasteiger partial charge in [-0.05, 0) is 42.7 Å². The van der Waals surface area contributed by atoms with E-state index in [9.17, 15) is 4.79 Å². The molecule has 0 radical (unpaired) electrons. The molecule has 1 amide bonds. The van der Waals surface area contributed by atoms with E-state index in [0.717, 1.165) is 23.7 Å². The van der Waals surface area contributed by atoms with Crippen molar-refractivity contribution in [2.45, 2.75) is 4.90 Å². The lowest BCUT2D eigenvalue weighted by atomic mass is 10.3. The molecule has 5 nitrogen and oxygen atoms in total. The number of thioether (sulfide) groups is 1. The van der Waals surface area contributed by atoms with Crippen LogP contribution < -0.4 is 9.64 Å². The third kappa shape index (κ3) is 4.21. The lowest BCUT2D eigenvalue weighted by Crippen LogP contribution is -2.50. The van der Waals surface area contributed by atoms with Crippen molar-refractivity contribution in [2.24, 2.45) is 0 Å². The second-order valence-electron chi connectivity index (χ2n) is 6.41. The molecule has 1 aliphatic rings. The Balaban J connectivity index is 1.34. The van der Waals surface area contributed by atoms with E-state index in [0.29, 0.717) is 23.9 Å². The zero-order chi connectivity index (χ0) is 19.5. The average molecular weight is 434 g/mol. The van der Waals surface area contributed by atoms with E-state index in [4.69, 9.17) is 21.3 Å². The predicted octanol–water partition coefficient (Wildman–Crippen LogP) is 4.40. The molecule has 1 saturated heterocycles. The van der Waals surface area contributed by atoms with E-state index in [1.54, 1.807) is 47.4 Å². The molecule has 3 aromatic rings. The summed E-state index contributed by atoms with van der Waals surface area (Å²) in [4.78, 5) is 22.6. The van der Waals surface area contributed by atoms with Crippen LogP contribution in [0.1, 0.15) is 0 Å². The van der Waals surface area contributed by atoms with Gasteiger partial charge in [-0.2, -0.15) is 0 Å². The number of piperazine rings is 1. The number of anilines is 1. The first-order valence-electron chi connectivity index (χ1n) is 8.98. The number of amides is 1. The fourth-order valence-corrected chi connectivity index (χ4v) is 4.92. The van der Waals surface area contributed by atoms with Crippen LogP contribution in [0.4, 0.5) is 5.13 Å². The highest BCUT2D eigenvalue weighted by atomic mass is 35.5. The van der Waals surface area contributed by atoms with Crippen LogP contribution in [0.25, 0.3) is 10.2 Å². The Bertz CT molecular complexity index is 969. The van der Waals surface area contributed by atoms with Gasteiger partial charge in [-0.25, -0.2) is 4.98 Å². The smallest absolute Gasteiger partial charge is 0.260 e. The van der Waals surface area contributed by atoms with Crippen LogP contribution in [-0.4, -0.2) is 54.8 Å². The second kappa shape index (κ2) is 8.59. The number of ether oxygens (including phenoxy) is 1. The highest BCUT2D eigenvalue weighted by molar-refractivity contribution is 7.98. The number of halogens is 1. The van der Waals surface area contributed by atoms with Crippen molar-refractivity contribution in [1.82, 2.24) is 9.88 Å². The van der Waals surface area contributed by atoms with Crippen LogP contribution in [0.3, 0.4) is 0 Å². The summed E-state index contributed by atoms with van der Waals surface area (Å²) in [5.74, 6) is 0.652. The summed E-state index contributed by atoms with van der Waals surface area (Å²) in [6.07, 6.45) is 2.07. The molecule has 8 heteroatoms. The van der Waals surface area contributed by atoms with Gasteiger partial charge in [0.2, 0.25) is 0 Å². The van der Waals surface area contributed by atoms with Crippen molar-refractivity contribution < 1.29 is 9.53 Å². The van der Waals surface area contributed by atoms with Crippen LogP contribution in [0.2, 0.25) is 5.02 Å². The molecule has 0 aliphatic carbocycles. The van der Waals surface area contributed by atoms with E-state index in [-0.39, 0.29) is 12.5 Å². The molecule has 1 aliphatic heterocycles. The molecule has 1 aromatic heterocycles. The first-order chi connectivity index (χ1) is 13.6. The molecule has 2 heterocycles. The number of rotatable bonds is 5. The van der Waals surface area contributed by atoms with Crippen molar-refractivity contribution in [3.8, 4) is 5.75 Å². The van der Waals surface area contributed by atoms with Gasteiger partial charge in [-0.15, -0.1) is 11.8 Å². The van der Waals surface area contributed by atoms with E-state index < -0.39 is 0 Å². The molecular weight excluding hydrogens is 414 g/mol. The van der Waals surface area contributed by atoms with Gasteiger partial charge in [-0.1, -0.05) is 29.0 Å². The number of carbonyl (C=O) groups is 1. The summed E-state index contributed by atoms with van der Waals surface area (Å²) < 4.78 is 6.78. The van der Waals surface area contributed by atoms with Gasteiger partial charge in [0.1, 0.15) is 5.75 Å². The summed E-state index contributed by atoms with van der Waals surface area (Å²) in [6, 6.07) is 13.3. The third-order valence-corrected chi connectivity index (χ3v) is 6.77. The topological polar surface area (TPSA) is 45.7 Å². The molecule has 4 rings (SSSR count). The minimum absolute atomic E-state index is 0.00330. The van der Waals surface area contributed by atoms with Gasteiger partial charge < -0.3 is 14.5 Å². The van der Waals surface area contributed by atoms with Crippen LogP contribution in [-0.2, 0) is 4.79 Å². The lowest BCUT2D eigenvalue weighted by molar-refractivity contribution is -0.133. The molecule has 146 valence electrons. The van der Waals surface area contributed by atoms with Gasteiger partial charge in [0.15, 0.2) is 11.7 Å². The monoisotopic (exact) mass is 433 g/mol. The van der Waals surface area contributed by atoms with Crippen molar-refractivity contribution in [2.75, 3.05) is 43.9 Å². The van der Waals surface area contributed by atoms with E-state index in [2.05, 4.69) is 29.4 Å². The second-order valence-corrected chi connectivity index (χ2v) is 8.71. The Kier molecular flexibility index (Phi) is 5.94. The van der Waals surface area contributed by atoms with Crippen molar-refractivity contribution >= 4 is 56.0 Å². The normalized spacial score (nSPS) is 14.5. The summed E-state index contributed by atoms with van der Waals surface area (Å²) in [7, 11) is 0. The maximum Gasteiger partial charge on any atom is 0.260 e. The van der Waals surface area contributed by atoms with E-state index in [1.807, 2.05) is 4.90 Å². The number of hydrogen-bond donors (Lipinski definition) is 0. The fourth-order valence-electron chi connectivity index (χ4n) is 3.13. The summed E-state index contributed by atoms with van der Waals surface area (Å²) in [6.45, 7) is 2.95. The number of carbonyl (C=O) groups excluding carboxylic acids is 1. The van der Waals surface area contributed by atoms with Crippen LogP contribution in [0.5, 0.6) is 5.75 Å². The van der Waals surface area contributed by atoms with Crippen LogP contribution in [0.15, 0.2) is 47.4 Å². The Morgan fingerprint density at radius 1 is 1.18 bits per heavy atom. The van der Waals surface area contributed by atoms with Crippen LogP contribution >= 0.6 is 34.7 Å². The maximum atomic E-state index is 12.4. The number of fused-ring (bicyclic) bond motifs is 1. The number of para-hydroxylation sites is 1. The highest BCUT2D eigenvalue weighted by Gasteiger charge is 2.23. The molecule has 0 bridgehead atoms. The fraction of sp³-hybridized carbons (Fsp3) is 0.300. The average Bonchev–Trinajstić information content (AvgIpc) is 3.17. The van der Waals surface area contributed by atoms with Gasteiger partial charge in [0.25, 0.3) is 5.91 Å². The first-order valence-corrected chi connectivity index (χ1v) is 11.4. The maximum absolute atomic E-state index is 12.4. The lowest BCUT2D eigenvalue weighted by Gasteiger charge is -2.34. The molecular formula is C20H20ClN3O2S2. The van der Waals surface area contributed by atoms with Crippen molar-refractivity contribution in [1.29, 1.82) is 0 Å². The molecule has 2 aromatic carbocycles. The molecule has 0 atom stereocenters. The van der Waals surface area contributed by atoms with E-state index >= 15 is 0 Å². The SMILES string of the molecule is CSc1cccc2sc(N3CCN(C(=O)COc4ccc(Cl)cc4)CC3)nc12. The zero-order valence-corrected chi connectivity index (χ0v) is 17.8. The third-order valence-electron chi connectivity index (χ3n) is 4.67. The van der Waals surface area contributed by atoms with Crippen molar-refractivity contribution in [3.05, 3.63) is 47.5 Å². The first kappa shape index (κ1) is 19.4. The number of thiazole rings is 1. The standard InChI is InChI=1S/C20H20ClN3O2S2/c1-27-16-3-2-4-17-19(16)22-20(28-17)24-11-9-23(10-12-24)18(25)13-26-15-7-5-14(21)6-8-15/h2-8H,9-13H2,1H3. The summed E-state index contributed by atoms with van der Waals surface area (Å²) >= 11 is 9.29. The van der Waals surface area contributed by atoms with Gasteiger partial charge in [0.05, 0.1) is 10.2 Å². The molecule has 0 saturated carbocycles. The minimum atomic E-state index is 0.00330. The molecule has 0 spiro atoms. The number of nitrogens with zero attached hydrogens (tertiary/aromatic N) is 3. The Morgan fingerprint density at radius 3 is 2.64 bits per heavy atom. The molecule has 0 N–H and O–H groups in total. The highest BCUT2D eigenvalue weighted by Crippen LogP contribution is 2.34. The van der Waals surface area contributed by atoms with Crippen LogP contribution in [0, 0.1) is 0 Å².